The van der Waals surface area contributed by atoms with Gasteiger partial charge >= 0.3 is 0 Å². The predicted octanol–water partition coefficient (Wildman–Crippen LogP) is 2.55. The molecule has 1 aromatic carbocycles. The number of fused-ring (bicyclic) bond motifs is 2. The number of nitrogens with zero attached hydrogens (tertiary/aromatic N) is 3. The molecule has 0 bridgehead atoms. The third kappa shape index (κ3) is 4.89. The van der Waals surface area contributed by atoms with Crippen LogP contribution < -0.4 is 14.4 Å². The van der Waals surface area contributed by atoms with Gasteiger partial charge in [-0.1, -0.05) is 6.42 Å². The lowest BCUT2D eigenvalue weighted by Crippen LogP contribution is -2.52. The van der Waals surface area contributed by atoms with Crippen LogP contribution in [0.3, 0.4) is 0 Å². The number of piperidine rings is 2. The smallest absolute Gasteiger partial charge is 0.228 e. The van der Waals surface area contributed by atoms with Crippen LogP contribution in [0.25, 0.3) is 0 Å². The maximum absolute atomic E-state index is 13.7. The van der Waals surface area contributed by atoms with E-state index in [9.17, 15) is 9.59 Å². The van der Waals surface area contributed by atoms with Crippen LogP contribution in [0.2, 0.25) is 0 Å². The molecule has 0 N–H and O–H groups in total. The lowest BCUT2D eigenvalue weighted by atomic mass is 9.83. The Bertz CT molecular complexity index is 891. The molecule has 3 fully saturated rings. The van der Waals surface area contributed by atoms with Gasteiger partial charge in [0.2, 0.25) is 11.8 Å². The van der Waals surface area contributed by atoms with E-state index in [1.807, 2.05) is 23.1 Å². The summed E-state index contributed by atoms with van der Waals surface area (Å²) in [6.45, 7) is 5.66. The van der Waals surface area contributed by atoms with E-state index in [4.69, 9.17) is 14.2 Å². The molecule has 0 saturated carbocycles. The van der Waals surface area contributed by atoms with Gasteiger partial charge in [0.05, 0.1) is 12.5 Å². The molecule has 34 heavy (non-hydrogen) atoms. The van der Waals surface area contributed by atoms with Crippen molar-refractivity contribution in [1.82, 2.24) is 9.80 Å². The predicted molar refractivity (Wildman–Crippen MR) is 128 cm³/mol. The van der Waals surface area contributed by atoms with Crippen molar-refractivity contribution in [2.45, 2.75) is 44.6 Å². The number of benzene rings is 1. The van der Waals surface area contributed by atoms with Gasteiger partial charge in [-0.2, -0.15) is 0 Å². The highest BCUT2D eigenvalue weighted by atomic mass is 16.6. The number of ether oxygens (including phenoxy) is 3. The number of hydrogen-bond donors (Lipinski definition) is 0. The van der Waals surface area contributed by atoms with E-state index in [0.29, 0.717) is 56.4 Å². The normalized spacial score (nSPS) is 26.9. The van der Waals surface area contributed by atoms with Crippen LogP contribution in [0.15, 0.2) is 18.2 Å². The molecular weight excluding hydrogens is 434 g/mol. The van der Waals surface area contributed by atoms with Gasteiger partial charge in [0.15, 0.2) is 11.5 Å². The first-order valence-corrected chi connectivity index (χ1v) is 12.9. The summed E-state index contributed by atoms with van der Waals surface area (Å²) < 4.78 is 16.6. The summed E-state index contributed by atoms with van der Waals surface area (Å²) in [6, 6.07) is 6.15. The fourth-order valence-electron chi connectivity index (χ4n) is 6.15. The van der Waals surface area contributed by atoms with E-state index in [1.165, 1.54) is 45.2 Å². The Balaban J connectivity index is 1.27. The minimum absolute atomic E-state index is 0.0159. The second-order valence-electron chi connectivity index (χ2n) is 10.0. The van der Waals surface area contributed by atoms with Crippen molar-refractivity contribution in [2.24, 2.45) is 11.8 Å². The van der Waals surface area contributed by atoms with E-state index in [0.717, 1.165) is 12.2 Å². The fourth-order valence-corrected chi connectivity index (χ4v) is 6.15. The number of rotatable bonds is 7. The average Bonchev–Trinajstić information content (AvgIpc) is 3.27. The van der Waals surface area contributed by atoms with Crippen LogP contribution in [-0.2, 0) is 14.3 Å². The molecule has 0 radical (unpaired) electrons. The molecule has 186 valence electrons. The van der Waals surface area contributed by atoms with Crippen molar-refractivity contribution in [2.75, 3.05) is 64.6 Å². The van der Waals surface area contributed by atoms with E-state index in [2.05, 4.69) is 4.90 Å². The highest BCUT2D eigenvalue weighted by Gasteiger charge is 2.40. The summed E-state index contributed by atoms with van der Waals surface area (Å²) >= 11 is 0. The van der Waals surface area contributed by atoms with Gasteiger partial charge in [-0.3, -0.25) is 9.59 Å². The lowest BCUT2D eigenvalue weighted by Gasteiger charge is -2.46. The largest absolute Gasteiger partial charge is 0.486 e. The zero-order valence-electron chi connectivity index (χ0n) is 20.2. The zero-order valence-corrected chi connectivity index (χ0v) is 20.2. The molecule has 8 nitrogen and oxygen atoms in total. The van der Waals surface area contributed by atoms with E-state index in [1.54, 1.807) is 12.0 Å². The minimum atomic E-state index is -0.330. The second kappa shape index (κ2) is 10.5. The molecule has 3 atom stereocenters. The Morgan fingerprint density at radius 2 is 1.94 bits per heavy atom. The topological polar surface area (TPSA) is 71.6 Å². The Kier molecular flexibility index (Phi) is 7.25. The number of amides is 2. The molecule has 0 aliphatic carbocycles. The SMILES string of the molecule is COCCN(C[C@@H]1CCCN2CCCC[C@H]12)C(=O)C1CC(=O)N(c2ccc3c(c2)OCCO3)C1. The van der Waals surface area contributed by atoms with Crippen LogP contribution in [0.4, 0.5) is 5.69 Å². The van der Waals surface area contributed by atoms with Gasteiger partial charge < -0.3 is 28.9 Å². The number of anilines is 1. The molecule has 4 aliphatic rings. The van der Waals surface area contributed by atoms with Gasteiger partial charge in [0.1, 0.15) is 13.2 Å². The first kappa shape index (κ1) is 23.4. The molecule has 4 heterocycles. The molecule has 1 unspecified atom stereocenters. The van der Waals surface area contributed by atoms with Crippen molar-refractivity contribution >= 4 is 17.5 Å². The molecule has 0 aromatic heterocycles. The quantitative estimate of drug-likeness (QED) is 0.609. The van der Waals surface area contributed by atoms with Gasteiger partial charge in [0, 0.05) is 51.0 Å². The molecule has 4 aliphatic heterocycles. The Morgan fingerprint density at radius 3 is 2.79 bits per heavy atom. The van der Waals surface area contributed by atoms with Gasteiger partial charge in [-0.15, -0.1) is 0 Å². The summed E-state index contributed by atoms with van der Waals surface area (Å²) in [5.41, 5.74) is 0.762. The molecular formula is C26H37N3O5. The third-order valence-corrected chi connectivity index (χ3v) is 7.87. The molecule has 1 aromatic rings. The van der Waals surface area contributed by atoms with Gasteiger partial charge in [-0.05, 0) is 56.8 Å². The standard InChI is InChI=1S/C26H37N3O5/c1-32-12-11-28(17-19-5-4-10-27-9-3-2-6-22(19)27)26(31)20-15-25(30)29(18-20)21-7-8-23-24(16-21)34-14-13-33-23/h7-8,16,19-20,22H,2-6,9-15,17-18H2,1H3/t19-,20?,22+/m0/s1. The summed E-state index contributed by atoms with van der Waals surface area (Å²) in [5, 5.41) is 0. The first-order valence-electron chi connectivity index (χ1n) is 12.9. The minimum Gasteiger partial charge on any atom is -0.486 e. The van der Waals surface area contributed by atoms with Gasteiger partial charge in [-0.25, -0.2) is 0 Å². The maximum atomic E-state index is 13.7. The van der Waals surface area contributed by atoms with Crippen LogP contribution >= 0.6 is 0 Å². The molecule has 2 amide bonds. The first-order chi connectivity index (χ1) is 16.6. The second-order valence-corrected chi connectivity index (χ2v) is 10.0. The summed E-state index contributed by atoms with van der Waals surface area (Å²) in [6.07, 6.45) is 6.42. The number of hydrogen-bond acceptors (Lipinski definition) is 6. The van der Waals surface area contributed by atoms with Crippen LogP contribution in [0, 0.1) is 11.8 Å². The maximum Gasteiger partial charge on any atom is 0.228 e. The van der Waals surface area contributed by atoms with Crippen molar-refractivity contribution in [3.63, 3.8) is 0 Å². The highest BCUT2D eigenvalue weighted by Crippen LogP contribution is 2.37. The fraction of sp³-hybridized carbons (Fsp3) is 0.692. The van der Waals surface area contributed by atoms with Crippen molar-refractivity contribution < 1.29 is 23.8 Å². The number of methoxy groups -OCH3 is 1. The zero-order chi connectivity index (χ0) is 23.5. The Labute approximate surface area is 202 Å². The Hall–Kier alpha value is -2.32. The van der Waals surface area contributed by atoms with Crippen molar-refractivity contribution in [3.05, 3.63) is 18.2 Å². The summed E-state index contributed by atoms with van der Waals surface area (Å²) in [4.78, 5) is 32.9. The van der Waals surface area contributed by atoms with Crippen LogP contribution in [0.1, 0.15) is 38.5 Å². The third-order valence-electron chi connectivity index (χ3n) is 7.87. The molecule has 0 spiro atoms. The number of carbonyl (C=O) groups is 2. The van der Waals surface area contributed by atoms with E-state index in [-0.39, 0.29) is 24.2 Å². The monoisotopic (exact) mass is 471 g/mol. The van der Waals surface area contributed by atoms with Gasteiger partial charge in [0.25, 0.3) is 0 Å². The van der Waals surface area contributed by atoms with Crippen molar-refractivity contribution in [3.8, 4) is 11.5 Å². The van der Waals surface area contributed by atoms with E-state index < -0.39 is 0 Å². The van der Waals surface area contributed by atoms with Crippen LogP contribution in [-0.4, -0.2) is 87.3 Å². The highest BCUT2D eigenvalue weighted by molar-refractivity contribution is 6.00. The Morgan fingerprint density at radius 1 is 1.12 bits per heavy atom. The van der Waals surface area contributed by atoms with Crippen molar-refractivity contribution in [1.29, 1.82) is 0 Å². The number of carbonyl (C=O) groups excluding carboxylic acids is 2. The summed E-state index contributed by atoms with van der Waals surface area (Å²) in [5.74, 6) is 1.59. The lowest BCUT2D eigenvalue weighted by molar-refractivity contribution is -0.137. The average molecular weight is 472 g/mol. The van der Waals surface area contributed by atoms with Crippen LogP contribution in [0.5, 0.6) is 11.5 Å². The molecule has 5 rings (SSSR count). The van der Waals surface area contributed by atoms with E-state index >= 15 is 0 Å². The molecule has 3 saturated heterocycles. The summed E-state index contributed by atoms with van der Waals surface area (Å²) in [7, 11) is 1.68. The molecule has 8 heteroatoms.